The van der Waals surface area contributed by atoms with Gasteiger partial charge >= 0.3 is 0 Å². The van der Waals surface area contributed by atoms with E-state index in [4.69, 9.17) is 0 Å². The van der Waals surface area contributed by atoms with E-state index in [0.29, 0.717) is 25.6 Å². The Bertz CT molecular complexity index is 705. The molecule has 1 atom stereocenters. The molecule has 25 heavy (non-hydrogen) atoms. The highest BCUT2D eigenvalue weighted by Crippen LogP contribution is 2.26. The van der Waals surface area contributed by atoms with Crippen LogP contribution in [-0.4, -0.2) is 78.9 Å². The molecule has 8 nitrogen and oxygen atoms in total. The molecular formula is C15H27IN6O2S. The van der Waals surface area contributed by atoms with E-state index in [1.165, 1.54) is 5.56 Å². The summed E-state index contributed by atoms with van der Waals surface area (Å²) in [5, 5.41) is 7.55. The summed E-state index contributed by atoms with van der Waals surface area (Å²) in [6.45, 7) is 3.57. The van der Waals surface area contributed by atoms with Crippen molar-refractivity contribution < 1.29 is 8.42 Å². The van der Waals surface area contributed by atoms with E-state index >= 15 is 0 Å². The van der Waals surface area contributed by atoms with Gasteiger partial charge in [0.05, 0.1) is 11.9 Å². The van der Waals surface area contributed by atoms with Crippen molar-refractivity contribution in [2.24, 2.45) is 12.0 Å². The summed E-state index contributed by atoms with van der Waals surface area (Å²) in [6.07, 6.45) is 5.81. The molecule has 0 amide bonds. The van der Waals surface area contributed by atoms with Gasteiger partial charge in [-0.1, -0.05) is 0 Å². The van der Waals surface area contributed by atoms with Gasteiger partial charge in [-0.3, -0.25) is 9.67 Å². The molecule has 1 unspecified atom stereocenters. The third-order valence-electron chi connectivity index (χ3n) is 4.74. The van der Waals surface area contributed by atoms with E-state index in [2.05, 4.69) is 26.5 Å². The smallest absolute Gasteiger partial charge is 0.214 e. The number of guanidine groups is 1. The molecule has 0 saturated carbocycles. The van der Waals surface area contributed by atoms with Gasteiger partial charge in [-0.25, -0.2) is 12.7 Å². The molecular weight excluding hydrogens is 455 g/mol. The first-order chi connectivity index (χ1) is 11.5. The summed E-state index contributed by atoms with van der Waals surface area (Å²) >= 11 is 0. The fraction of sp³-hybridized carbons (Fsp3) is 0.733. The van der Waals surface area contributed by atoms with Crippen LogP contribution >= 0.6 is 24.0 Å². The van der Waals surface area contributed by atoms with Crippen LogP contribution in [0.2, 0.25) is 0 Å². The molecule has 3 heterocycles. The van der Waals surface area contributed by atoms with Crippen molar-refractivity contribution in [3.8, 4) is 0 Å². The molecule has 2 fully saturated rings. The Morgan fingerprint density at radius 1 is 1.44 bits per heavy atom. The van der Waals surface area contributed by atoms with E-state index in [-0.39, 0.29) is 29.7 Å². The first kappa shape index (κ1) is 20.4. The fourth-order valence-electron chi connectivity index (χ4n) is 3.44. The van der Waals surface area contributed by atoms with Gasteiger partial charge in [-0.15, -0.1) is 24.0 Å². The van der Waals surface area contributed by atoms with Crippen molar-refractivity contribution in [2.45, 2.75) is 18.8 Å². The standard InChI is InChI=1S/C15H26N6O2S.HI/c1-16-15(17-5-8-21-6-3-9-24(21,22)23)20-7-4-13(12-20)14-10-18-19(2)11-14;/h10-11,13H,3-9,12H2,1-2H3,(H,16,17);1H. The first-order valence-corrected chi connectivity index (χ1v) is 10.0. The number of halogens is 1. The Morgan fingerprint density at radius 2 is 2.24 bits per heavy atom. The highest BCUT2D eigenvalue weighted by atomic mass is 127. The highest BCUT2D eigenvalue weighted by Gasteiger charge is 2.29. The van der Waals surface area contributed by atoms with E-state index in [9.17, 15) is 8.42 Å². The molecule has 0 bridgehead atoms. The number of nitrogens with zero attached hydrogens (tertiary/aromatic N) is 5. The van der Waals surface area contributed by atoms with Crippen molar-refractivity contribution in [1.29, 1.82) is 0 Å². The molecule has 1 N–H and O–H groups in total. The zero-order chi connectivity index (χ0) is 17.2. The monoisotopic (exact) mass is 482 g/mol. The molecule has 0 spiro atoms. The summed E-state index contributed by atoms with van der Waals surface area (Å²) in [7, 11) is 0.681. The largest absolute Gasteiger partial charge is 0.355 e. The second kappa shape index (κ2) is 8.67. The van der Waals surface area contributed by atoms with Crippen LogP contribution in [0.5, 0.6) is 0 Å². The second-order valence-electron chi connectivity index (χ2n) is 6.42. The average molecular weight is 482 g/mol. The Hall–Kier alpha value is -0.880. The van der Waals surface area contributed by atoms with E-state index in [0.717, 1.165) is 31.9 Å². The van der Waals surface area contributed by atoms with E-state index in [1.54, 1.807) is 11.4 Å². The summed E-state index contributed by atoms with van der Waals surface area (Å²) in [5.74, 6) is 1.59. The number of rotatable bonds is 4. The minimum atomic E-state index is -3.02. The van der Waals surface area contributed by atoms with Crippen molar-refractivity contribution in [2.75, 3.05) is 45.5 Å². The Morgan fingerprint density at radius 3 is 2.84 bits per heavy atom. The molecule has 2 saturated heterocycles. The predicted molar refractivity (Wildman–Crippen MR) is 109 cm³/mol. The number of sulfonamides is 1. The number of aryl methyl sites for hydroxylation is 1. The van der Waals surface area contributed by atoms with Gasteiger partial charge in [0, 0.05) is 58.9 Å². The molecule has 3 rings (SSSR count). The van der Waals surface area contributed by atoms with Gasteiger partial charge in [0.15, 0.2) is 5.96 Å². The second-order valence-corrected chi connectivity index (χ2v) is 8.51. The molecule has 0 aromatic carbocycles. The topological polar surface area (TPSA) is 82.8 Å². The normalized spacial score (nSPS) is 23.7. The minimum Gasteiger partial charge on any atom is -0.355 e. The number of nitrogens with one attached hydrogen (secondary N) is 1. The maximum atomic E-state index is 11.8. The third kappa shape index (κ3) is 4.85. The zero-order valence-electron chi connectivity index (χ0n) is 14.8. The van der Waals surface area contributed by atoms with Crippen LogP contribution in [0.3, 0.4) is 0 Å². The first-order valence-electron chi connectivity index (χ1n) is 8.41. The predicted octanol–water partition coefficient (Wildman–Crippen LogP) is 0.438. The van der Waals surface area contributed by atoms with Crippen LogP contribution in [0, 0.1) is 0 Å². The fourth-order valence-corrected chi connectivity index (χ4v) is 4.97. The SMILES string of the molecule is CN=C(NCCN1CCCS1(=O)=O)N1CCC(c2cnn(C)c2)C1.I. The van der Waals surface area contributed by atoms with Crippen LogP contribution < -0.4 is 5.32 Å². The molecule has 142 valence electrons. The summed E-state index contributed by atoms with van der Waals surface area (Å²) in [6, 6.07) is 0. The van der Waals surface area contributed by atoms with Crippen LogP contribution in [-0.2, 0) is 17.1 Å². The number of aromatic nitrogens is 2. The molecule has 1 aromatic heterocycles. The van der Waals surface area contributed by atoms with Gasteiger partial charge in [-0.2, -0.15) is 5.10 Å². The maximum absolute atomic E-state index is 11.8. The lowest BCUT2D eigenvalue weighted by Crippen LogP contribution is -2.43. The lowest BCUT2D eigenvalue weighted by Gasteiger charge is -2.23. The third-order valence-corrected chi connectivity index (χ3v) is 6.70. The molecule has 0 radical (unpaired) electrons. The molecule has 2 aliphatic heterocycles. The lowest BCUT2D eigenvalue weighted by molar-refractivity contribution is 0.434. The average Bonchev–Trinajstić information content (AvgIpc) is 3.24. The van der Waals surface area contributed by atoms with Crippen molar-refractivity contribution in [3.63, 3.8) is 0 Å². The van der Waals surface area contributed by atoms with Crippen molar-refractivity contribution in [3.05, 3.63) is 18.0 Å². The van der Waals surface area contributed by atoms with Gasteiger partial charge < -0.3 is 10.2 Å². The van der Waals surface area contributed by atoms with Crippen molar-refractivity contribution >= 4 is 40.0 Å². The molecule has 0 aliphatic carbocycles. The molecule has 10 heteroatoms. The Balaban J connectivity index is 0.00000225. The number of hydrogen-bond acceptors (Lipinski definition) is 4. The number of hydrogen-bond donors (Lipinski definition) is 1. The van der Waals surface area contributed by atoms with E-state index < -0.39 is 10.0 Å². The van der Waals surface area contributed by atoms with Gasteiger partial charge in [-0.05, 0) is 18.4 Å². The Labute approximate surface area is 166 Å². The van der Waals surface area contributed by atoms with Gasteiger partial charge in [0.25, 0.3) is 0 Å². The number of likely N-dealkylation sites (tertiary alicyclic amines) is 1. The highest BCUT2D eigenvalue weighted by molar-refractivity contribution is 14.0. The Kier molecular flexibility index (Phi) is 7.09. The van der Waals surface area contributed by atoms with Crippen LogP contribution in [0.1, 0.15) is 24.3 Å². The molecule has 1 aromatic rings. The quantitative estimate of drug-likeness (QED) is 0.383. The van der Waals surface area contributed by atoms with Crippen LogP contribution in [0.15, 0.2) is 17.4 Å². The van der Waals surface area contributed by atoms with E-state index in [1.807, 2.05) is 17.9 Å². The van der Waals surface area contributed by atoms with Gasteiger partial charge in [0.2, 0.25) is 10.0 Å². The van der Waals surface area contributed by atoms with Crippen molar-refractivity contribution in [1.82, 2.24) is 24.3 Å². The number of aliphatic imine (C=N–C) groups is 1. The lowest BCUT2D eigenvalue weighted by atomic mass is 10.0. The molecule has 2 aliphatic rings. The summed E-state index contributed by atoms with van der Waals surface area (Å²) < 4.78 is 27.0. The van der Waals surface area contributed by atoms with Crippen LogP contribution in [0.25, 0.3) is 0 Å². The maximum Gasteiger partial charge on any atom is 0.214 e. The van der Waals surface area contributed by atoms with Gasteiger partial charge in [0.1, 0.15) is 0 Å². The summed E-state index contributed by atoms with van der Waals surface area (Å²) in [5.41, 5.74) is 1.26. The van der Waals surface area contributed by atoms with Crippen LogP contribution in [0.4, 0.5) is 0 Å². The summed E-state index contributed by atoms with van der Waals surface area (Å²) in [4.78, 5) is 6.58. The zero-order valence-corrected chi connectivity index (χ0v) is 17.9. The minimum absolute atomic E-state index is 0.